The molecule has 0 atom stereocenters. The third-order valence-corrected chi connectivity index (χ3v) is 32.7. The van der Waals surface area contributed by atoms with Crippen molar-refractivity contribution in [2.24, 2.45) is 0 Å². The van der Waals surface area contributed by atoms with Gasteiger partial charge in [0.1, 0.15) is 0 Å². The zero-order valence-electron chi connectivity index (χ0n) is 83.2. The number of benzene rings is 23. The van der Waals surface area contributed by atoms with E-state index in [1.807, 2.05) is 0 Å². The topological polar surface area (TPSA) is 36.1 Å². The normalized spacial score (nSPS) is 12.9. The molecule has 6 aromatic heterocycles. The lowest BCUT2D eigenvalue weighted by molar-refractivity contribution is 0.660. The van der Waals surface area contributed by atoms with E-state index < -0.39 is 0 Å². The fourth-order valence-electron chi connectivity index (χ4n) is 25.7. The molecule has 0 radical (unpaired) electrons. The van der Waals surface area contributed by atoms with Gasteiger partial charge in [0, 0.05) is 143 Å². The van der Waals surface area contributed by atoms with Crippen LogP contribution in [-0.2, 0) is 10.8 Å². The van der Waals surface area contributed by atoms with Crippen LogP contribution in [0, 0.1) is 0 Å². The van der Waals surface area contributed by atoms with Gasteiger partial charge in [-0.05, 0) is 284 Å². The summed E-state index contributed by atoms with van der Waals surface area (Å²) in [5, 5.41) is 17.5. The van der Waals surface area contributed by atoms with E-state index in [4.69, 9.17) is 0 Å². The molecule has 2 aliphatic carbocycles. The molecule has 0 bridgehead atoms. The van der Waals surface area contributed by atoms with Crippen LogP contribution in [0.25, 0.3) is 220 Å². The van der Waals surface area contributed by atoms with Gasteiger partial charge in [-0.3, -0.25) is 0 Å². The molecule has 0 N–H and O–H groups in total. The Morgan fingerprint density at radius 2 is 0.367 bits per heavy atom. The van der Waals surface area contributed by atoms with Crippen LogP contribution in [-0.4, -0.2) is 27.4 Å². The fraction of sp³-hybridized carbons (Fsp3) is 0.0423. The third kappa shape index (κ3) is 13.2. The molecule has 0 aliphatic heterocycles. The molecule has 6 heterocycles. The second kappa shape index (κ2) is 33.7. The van der Waals surface area contributed by atoms with E-state index in [1.165, 1.54) is 220 Å². The number of anilines is 6. The third-order valence-electron chi connectivity index (χ3n) is 32.7. The van der Waals surface area contributed by atoms with Gasteiger partial charge in [-0.1, -0.05) is 337 Å². The smallest absolute Gasteiger partial charge is 0.0547 e. The summed E-state index contributed by atoms with van der Waals surface area (Å²) < 4.78 is 14.5. The summed E-state index contributed by atoms with van der Waals surface area (Å²) in [5.74, 6) is 0. The maximum atomic E-state index is 2.49. The first kappa shape index (κ1) is 86.2. The quantitative estimate of drug-likeness (QED) is 0.109. The number of aromatic nitrogens is 6. The molecule has 0 saturated carbocycles. The molecule has 2 aliphatic rings. The van der Waals surface area contributed by atoms with Crippen molar-refractivity contribution < 1.29 is 0 Å². The average Bonchev–Trinajstić information content (AvgIpc) is 1.55. The SMILES string of the molecule is CC1(C)c2cc(N(c3ccc(-c4ccc5c6ccccc6n(-c6ccccc6)c5c4)cc3)c3ccc(-n4c5ccccc5c5ccccc54)cc3)ccc2-c2ccc(-n3c4ccccc4c4ccccc43)cc21.CC1(C)c2cc(N(c3ccc(-n4c5ccccc5c5ccccc54)cc3)c3ccc(-c4ccc5c6ccccc6n(-c6ccccc6)c5c4)c4ccccc34)ccc2-c2ccc(-n3c4ccccc4c4ccccc43)cc21. The highest BCUT2D eigenvalue weighted by molar-refractivity contribution is 6.17. The Labute approximate surface area is 867 Å². The maximum Gasteiger partial charge on any atom is 0.0547 e. The van der Waals surface area contributed by atoms with E-state index in [0.717, 1.165) is 56.9 Å². The zero-order valence-corrected chi connectivity index (χ0v) is 83.2. The molecule has 29 aromatic rings. The maximum absolute atomic E-state index is 2.49. The number of rotatable bonds is 14. The largest absolute Gasteiger partial charge is 0.310 e. The lowest BCUT2D eigenvalue weighted by atomic mass is 9.82. The van der Waals surface area contributed by atoms with Crippen LogP contribution in [0.4, 0.5) is 34.1 Å². The fourth-order valence-corrected chi connectivity index (χ4v) is 25.7. The minimum absolute atomic E-state index is 0.258. The second-order valence-electron chi connectivity index (χ2n) is 41.4. The highest BCUT2D eigenvalue weighted by Gasteiger charge is 2.40. The molecule has 0 amide bonds. The van der Waals surface area contributed by atoms with Gasteiger partial charge < -0.3 is 37.2 Å². The Bertz CT molecular complexity index is 10400. The van der Waals surface area contributed by atoms with Crippen LogP contribution in [0.3, 0.4) is 0 Å². The first-order chi connectivity index (χ1) is 73.9. The Hall–Kier alpha value is -19.3. The number of para-hydroxylation sites is 12. The van der Waals surface area contributed by atoms with Crippen molar-refractivity contribution in [3.8, 4) is 78.6 Å². The number of nitrogens with zero attached hydrogens (tertiary/aromatic N) is 8. The van der Waals surface area contributed by atoms with Crippen LogP contribution in [0.5, 0.6) is 0 Å². The minimum Gasteiger partial charge on any atom is -0.310 e. The summed E-state index contributed by atoms with van der Waals surface area (Å²) >= 11 is 0. The van der Waals surface area contributed by atoms with Gasteiger partial charge >= 0.3 is 0 Å². The van der Waals surface area contributed by atoms with Crippen molar-refractivity contribution in [2.75, 3.05) is 9.80 Å². The molecule has 8 heteroatoms. The standard InChI is InChI=1S/C73H50N4.C69H48N4/c1-73(2)64-45-51(37-40-55(64)56-41-38-52(46-65(56)73)77-69-30-16-10-24-60(69)61-25-11-17-31-70(61)77)74(49-33-35-50(36-34-49)75-66-27-13-8-22-58(66)59-23-9-14-28-67(59)75)71-43-42-53(54-20-6-7-21-57(54)71)47-32-39-63-62-26-12-15-29-68(62)76(72(63)44-47)48-18-4-3-5-19-48;1-69(2)61-43-51(37-40-53(61)54-41-38-52(44-62(54)69)73-66-26-14-8-20-57(66)58-21-9-15-27-67(58)73)70(49-33-35-50(36-34-49)71-63-23-11-6-18-55(63)56-19-7-12-24-64(56)71)48-31-28-45(29-32-48)46-30-39-60-59-22-10-13-25-65(59)72(68(60)42-46)47-16-4-3-5-17-47/h3-46H,1-2H3;3-44H,1-2H3. The van der Waals surface area contributed by atoms with Gasteiger partial charge in [-0.25, -0.2) is 0 Å². The van der Waals surface area contributed by atoms with Crippen molar-refractivity contribution >= 4 is 176 Å². The predicted molar refractivity (Wildman–Crippen MR) is 632 cm³/mol. The van der Waals surface area contributed by atoms with Gasteiger partial charge in [-0.15, -0.1) is 0 Å². The Kier molecular flexibility index (Phi) is 19.3. The Morgan fingerprint density at radius 3 is 0.720 bits per heavy atom. The summed E-state index contributed by atoms with van der Waals surface area (Å²) in [6.07, 6.45) is 0. The summed E-state index contributed by atoms with van der Waals surface area (Å²) in [6.45, 7) is 9.59. The van der Waals surface area contributed by atoms with Crippen LogP contribution < -0.4 is 9.80 Å². The van der Waals surface area contributed by atoms with Crippen LogP contribution in [0.15, 0.2) is 522 Å². The molecular formula is C142H98N8. The van der Waals surface area contributed by atoms with E-state index in [0.29, 0.717) is 0 Å². The monoisotopic (exact) mass is 1910 g/mol. The van der Waals surface area contributed by atoms with Crippen LogP contribution in [0.2, 0.25) is 0 Å². The highest BCUT2D eigenvalue weighted by atomic mass is 15.2. The van der Waals surface area contributed by atoms with Crippen molar-refractivity contribution in [2.45, 2.75) is 38.5 Å². The van der Waals surface area contributed by atoms with Crippen LogP contribution in [0.1, 0.15) is 49.9 Å². The second-order valence-corrected chi connectivity index (χ2v) is 41.4. The first-order valence-electron chi connectivity index (χ1n) is 52.1. The summed E-state index contributed by atoms with van der Waals surface area (Å²) in [6, 6.07) is 193. The lowest BCUT2D eigenvalue weighted by Gasteiger charge is -2.29. The zero-order chi connectivity index (χ0) is 99.3. The molecule has 31 rings (SSSR count). The van der Waals surface area contributed by atoms with Gasteiger partial charge in [0.2, 0.25) is 0 Å². The molecule has 150 heavy (non-hydrogen) atoms. The van der Waals surface area contributed by atoms with Gasteiger partial charge in [0.05, 0.1) is 71.9 Å². The van der Waals surface area contributed by atoms with E-state index in [2.05, 4.69) is 587 Å². The van der Waals surface area contributed by atoms with E-state index >= 15 is 0 Å². The molecule has 706 valence electrons. The number of fused-ring (bicyclic) bond motifs is 25. The Balaban J connectivity index is 0.000000138. The minimum atomic E-state index is -0.283. The van der Waals surface area contributed by atoms with Gasteiger partial charge in [-0.2, -0.15) is 0 Å². The van der Waals surface area contributed by atoms with Crippen LogP contribution >= 0.6 is 0 Å². The summed E-state index contributed by atoms with van der Waals surface area (Å²) in [5.41, 5.74) is 42.7. The molecule has 0 spiro atoms. The van der Waals surface area contributed by atoms with Crippen molar-refractivity contribution in [3.63, 3.8) is 0 Å². The summed E-state index contributed by atoms with van der Waals surface area (Å²) in [4.78, 5) is 4.92. The van der Waals surface area contributed by atoms with Crippen molar-refractivity contribution in [3.05, 3.63) is 544 Å². The lowest BCUT2D eigenvalue weighted by Crippen LogP contribution is -2.17. The average molecular weight is 1920 g/mol. The summed E-state index contributed by atoms with van der Waals surface area (Å²) in [7, 11) is 0. The van der Waals surface area contributed by atoms with E-state index in [9.17, 15) is 0 Å². The van der Waals surface area contributed by atoms with Gasteiger partial charge in [0.15, 0.2) is 0 Å². The van der Waals surface area contributed by atoms with Crippen molar-refractivity contribution in [1.29, 1.82) is 0 Å². The molecule has 8 nitrogen and oxygen atoms in total. The Morgan fingerprint density at radius 1 is 0.140 bits per heavy atom. The predicted octanol–water partition coefficient (Wildman–Crippen LogP) is 38.0. The van der Waals surface area contributed by atoms with E-state index in [1.54, 1.807) is 0 Å². The van der Waals surface area contributed by atoms with Gasteiger partial charge in [0.25, 0.3) is 0 Å². The molecule has 23 aromatic carbocycles. The van der Waals surface area contributed by atoms with E-state index in [-0.39, 0.29) is 10.8 Å². The molecular weight excluding hydrogens is 1820 g/mol. The van der Waals surface area contributed by atoms with Crippen molar-refractivity contribution in [1.82, 2.24) is 27.4 Å². The molecule has 0 saturated heterocycles. The highest BCUT2D eigenvalue weighted by Crippen LogP contribution is 2.56. The molecule has 0 fully saturated rings. The number of hydrogen-bond donors (Lipinski definition) is 0. The number of hydrogen-bond acceptors (Lipinski definition) is 2. The first-order valence-corrected chi connectivity index (χ1v) is 52.1. The molecule has 0 unspecified atom stereocenters.